The Morgan fingerprint density at radius 1 is 1.35 bits per heavy atom. The van der Waals surface area contributed by atoms with Gasteiger partial charge in [-0.15, -0.1) is 0 Å². The Morgan fingerprint density at radius 2 is 1.88 bits per heavy atom. The van der Waals surface area contributed by atoms with Crippen molar-refractivity contribution in [1.29, 1.82) is 0 Å². The van der Waals surface area contributed by atoms with Gasteiger partial charge in [0.15, 0.2) is 0 Å². The van der Waals surface area contributed by atoms with Crippen molar-refractivity contribution in [3.05, 3.63) is 34.9 Å². The summed E-state index contributed by atoms with van der Waals surface area (Å²) in [5, 5.41) is 2.57. The summed E-state index contributed by atoms with van der Waals surface area (Å²) in [6, 6.07) is 4.97. The molecule has 0 saturated carbocycles. The van der Waals surface area contributed by atoms with Crippen molar-refractivity contribution in [2.24, 2.45) is 5.92 Å². The summed E-state index contributed by atoms with van der Waals surface area (Å²) in [5.74, 6) is -4.69. The van der Waals surface area contributed by atoms with E-state index in [2.05, 4.69) is 5.32 Å². The lowest BCUT2D eigenvalue weighted by Gasteiger charge is -2.17. The van der Waals surface area contributed by atoms with Gasteiger partial charge in [-0.2, -0.15) is 8.78 Å². The third-order valence-electron chi connectivity index (χ3n) is 2.16. The van der Waals surface area contributed by atoms with Crippen molar-refractivity contribution in [3.63, 3.8) is 0 Å². The van der Waals surface area contributed by atoms with E-state index in [0.29, 0.717) is 5.02 Å². The van der Waals surface area contributed by atoms with Crippen molar-refractivity contribution >= 4 is 17.5 Å². The van der Waals surface area contributed by atoms with Crippen LogP contribution >= 0.6 is 11.6 Å². The van der Waals surface area contributed by atoms with E-state index in [0.717, 1.165) is 12.1 Å². The number of hydrogen-bond acceptors (Lipinski definition) is 1. The summed E-state index contributed by atoms with van der Waals surface area (Å²) < 4.78 is 27.4. The van der Waals surface area contributed by atoms with Gasteiger partial charge in [0, 0.05) is 17.1 Å². The monoisotopic (exact) mass is 261 g/mol. The van der Waals surface area contributed by atoms with Crippen molar-refractivity contribution in [1.82, 2.24) is 5.32 Å². The Hall–Kier alpha value is -1.16. The van der Waals surface area contributed by atoms with Crippen LogP contribution in [0.4, 0.5) is 8.78 Å². The van der Waals surface area contributed by atoms with Gasteiger partial charge in [0.2, 0.25) is 0 Å². The first kappa shape index (κ1) is 13.9. The minimum Gasteiger partial charge on any atom is -0.350 e. The van der Waals surface area contributed by atoms with E-state index in [1.54, 1.807) is 0 Å². The fraction of sp³-hybridized carbons (Fsp3) is 0.417. The maximum absolute atomic E-state index is 13.7. The Balaban J connectivity index is 2.79. The zero-order chi connectivity index (χ0) is 13.1. The number of nitrogens with one attached hydrogen (secondary N) is 1. The summed E-state index contributed by atoms with van der Waals surface area (Å²) in [5.41, 5.74) is -0.358. The highest BCUT2D eigenvalue weighted by atomic mass is 35.5. The highest BCUT2D eigenvalue weighted by molar-refractivity contribution is 6.30. The molecule has 0 bridgehead atoms. The van der Waals surface area contributed by atoms with Crippen LogP contribution < -0.4 is 5.32 Å². The molecule has 94 valence electrons. The number of rotatable bonds is 4. The number of carbonyl (C=O) groups is 1. The summed E-state index contributed by atoms with van der Waals surface area (Å²) >= 11 is 5.60. The molecule has 0 atom stereocenters. The Kier molecular flexibility index (Phi) is 4.46. The molecule has 0 aromatic heterocycles. The van der Waals surface area contributed by atoms with Crippen LogP contribution in [-0.4, -0.2) is 12.5 Å². The topological polar surface area (TPSA) is 29.1 Å². The fourth-order valence-corrected chi connectivity index (χ4v) is 1.32. The van der Waals surface area contributed by atoms with Crippen molar-refractivity contribution in [2.75, 3.05) is 6.54 Å². The average molecular weight is 262 g/mol. The second-order valence-corrected chi connectivity index (χ2v) is 4.62. The molecule has 1 aromatic carbocycles. The van der Waals surface area contributed by atoms with Crippen molar-refractivity contribution in [2.45, 2.75) is 19.8 Å². The molecule has 0 aliphatic rings. The first-order chi connectivity index (χ1) is 7.84. The summed E-state index contributed by atoms with van der Waals surface area (Å²) in [7, 11) is 0. The predicted molar refractivity (Wildman–Crippen MR) is 63.2 cm³/mol. The Morgan fingerprint density at radius 3 is 2.35 bits per heavy atom. The maximum Gasteiger partial charge on any atom is 0.349 e. The van der Waals surface area contributed by atoms with E-state index in [9.17, 15) is 13.6 Å². The molecule has 0 unspecified atom stereocenters. The van der Waals surface area contributed by atoms with E-state index in [4.69, 9.17) is 11.6 Å². The van der Waals surface area contributed by atoms with Crippen LogP contribution in [0.2, 0.25) is 5.02 Å². The molecular formula is C12H14ClF2NO. The first-order valence-electron chi connectivity index (χ1n) is 5.26. The van der Waals surface area contributed by atoms with Gasteiger partial charge >= 0.3 is 5.92 Å². The third kappa shape index (κ3) is 3.66. The van der Waals surface area contributed by atoms with Crippen molar-refractivity contribution < 1.29 is 13.6 Å². The lowest BCUT2D eigenvalue weighted by atomic mass is 10.1. The van der Waals surface area contributed by atoms with Crippen LogP contribution in [0.15, 0.2) is 24.3 Å². The average Bonchev–Trinajstić information content (AvgIpc) is 2.26. The molecule has 2 nitrogen and oxygen atoms in total. The second-order valence-electron chi connectivity index (χ2n) is 4.19. The normalized spacial score (nSPS) is 11.6. The smallest absolute Gasteiger partial charge is 0.349 e. The summed E-state index contributed by atoms with van der Waals surface area (Å²) in [6.45, 7) is 3.89. The highest BCUT2D eigenvalue weighted by Crippen LogP contribution is 2.29. The van der Waals surface area contributed by atoms with Crippen LogP contribution in [0.3, 0.4) is 0 Å². The SMILES string of the molecule is CC(C)CNC(=O)C(F)(F)c1ccc(Cl)cc1. The van der Waals surface area contributed by atoms with Gasteiger partial charge in [0.05, 0.1) is 0 Å². The van der Waals surface area contributed by atoms with Crippen LogP contribution in [-0.2, 0) is 10.7 Å². The zero-order valence-electron chi connectivity index (χ0n) is 9.64. The lowest BCUT2D eigenvalue weighted by molar-refractivity contribution is -0.147. The van der Waals surface area contributed by atoms with E-state index in [1.165, 1.54) is 12.1 Å². The van der Waals surface area contributed by atoms with Gasteiger partial charge in [-0.25, -0.2) is 0 Å². The third-order valence-corrected chi connectivity index (χ3v) is 2.41. The van der Waals surface area contributed by atoms with E-state index < -0.39 is 11.8 Å². The number of alkyl halides is 2. The summed E-state index contributed by atoms with van der Waals surface area (Å²) in [6.07, 6.45) is 0. The van der Waals surface area contributed by atoms with Gasteiger partial charge in [-0.3, -0.25) is 4.79 Å². The number of amides is 1. The molecule has 1 N–H and O–H groups in total. The van der Waals surface area contributed by atoms with E-state index in [1.807, 2.05) is 13.8 Å². The number of benzene rings is 1. The Bertz CT molecular complexity index is 390. The van der Waals surface area contributed by atoms with Gasteiger partial charge in [0.1, 0.15) is 0 Å². The van der Waals surface area contributed by atoms with Gasteiger partial charge in [-0.1, -0.05) is 37.6 Å². The molecular weight excluding hydrogens is 248 g/mol. The van der Waals surface area contributed by atoms with Crippen LogP contribution in [0.1, 0.15) is 19.4 Å². The molecule has 0 saturated heterocycles. The number of carbonyl (C=O) groups excluding carboxylic acids is 1. The quantitative estimate of drug-likeness (QED) is 0.886. The van der Waals surface area contributed by atoms with Gasteiger partial charge < -0.3 is 5.32 Å². The standard InChI is InChI=1S/C12H14ClF2NO/c1-8(2)7-16-11(17)12(14,15)9-3-5-10(13)6-4-9/h3-6,8H,7H2,1-2H3,(H,16,17). The largest absolute Gasteiger partial charge is 0.350 e. The number of halogens is 3. The molecule has 1 amide bonds. The lowest BCUT2D eigenvalue weighted by Crippen LogP contribution is -2.39. The van der Waals surface area contributed by atoms with Gasteiger partial charge in [0.25, 0.3) is 5.91 Å². The van der Waals surface area contributed by atoms with Crippen LogP contribution in [0, 0.1) is 5.92 Å². The molecule has 0 radical (unpaired) electrons. The molecule has 1 aromatic rings. The molecule has 0 aliphatic carbocycles. The van der Waals surface area contributed by atoms with Crippen LogP contribution in [0.25, 0.3) is 0 Å². The highest BCUT2D eigenvalue weighted by Gasteiger charge is 2.40. The summed E-state index contributed by atoms with van der Waals surface area (Å²) in [4.78, 5) is 11.4. The molecule has 0 fully saturated rings. The minimum atomic E-state index is -3.53. The second kappa shape index (κ2) is 5.45. The Labute approximate surface area is 104 Å². The van der Waals surface area contributed by atoms with Crippen LogP contribution in [0.5, 0.6) is 0 Å². The molecule has 1 rings (SSSR count). The molecule has 17 heavy (non-hydrogen) atoms. The van der Waals surface area contributed by atoms with E-state index in [-0.39, 0.29) is 18.0 Å². The molecule has 0 spiro atoms. The maximum atomic E-state index is 13.7. The number of hydrogen-bond donors (Lipinski definition) is 1. The predicted octanol–water partition coefficient (Wildman–Crippen LogP) is 3.20. The molecule has 0 heterocycles. The zero-order valence-corrected chi connectivity index (χ0v) is 10.4. The minimum absolute atomic E-state index is 0.125. The first-order valence-corrected chi connectivity index (χ1v) is 5.64. The van der Waals surface area contributed by atoms with E-state index >= 15 is 0 Å². The fourth-order valence-electron chi connectivity index (χ4n) is 1.20. The van der Waals surface area contributed by atoms with Crippen molar-refractivity contribution in [3.8, 4) is 0 Å². The molecule has 5 heteroatoms. The van der Waals surface area contributed by atoms with Gasteiger partial charge in [-0.05, 0) is 18.1 Å². The molecule has 0 aliphatic heterocycles.